The molecule has 0 bridgehead atoms. The molecule has 2 heterocycles. The lowest BCUT2D eigenvalue weighted by Gasteiger charge is -2.03. The topological polar surface area (TPSA) is 47.7 Å². The van der Waals surface area contributed by atoms with Crippen LogP contribution in [0.2, 0.25) is 0 Å². The van der Waals surface area contributed by atoms with E-state index < -0.39 is 0 Å². The Morgan fingerprint density at radius 3 is 2.74 bits per heavy atom. The summed E-state index contributed by atoms with van der Waals surface area (Å²) in [5.74, 6) is 0. The molecule has 0 spiro atoms. The number of nitrogens with zero attached hydrogens (tertiary/aromatic N) is 4. The summed E-state index contributed by atoms with van der Waals surface area (Å²) in [7, 11) is 0. The second-order valence-corrected chi connectivity index (χ2v) is 5.16. The first-order valence-electron chi connectivity index (χ1n) is 6.91. The molecule has 0 fully saturated rings. The van der Waals surface area contributed by atoms with Crippen molar-refractivity contribution in [3.63, 3.8) is 0 Å². The van der Waals surface area contributed by atoms with Crippen molar-refractivity contribution in [1.82, 2.24) is 19.6 Å². The number of hydrogen-bond donors (Lipinski definition) is 1. The van der Waals surface area contributed by atoms with Gasteiger partial charge in [-0.05, 0) is 27.2 Å². The van der Waals surface area contributed by atoms with Gasteiger partial charge in [0.2, 0.25) is 0 Å². The van der Waals surface area contributed by atoms with E-state index >= 15 is 0 Å². The molecule has 0 saturated heterocycles. The molecule has 0 aliphatic heterocycles. The minimum Gasteiger partial charge on any atom is -0.378 e. The lowest BCUT2D eigenvalue weighted by atomic mass is 10.2. The summed E-state index contributed by atoms with van der Waals surface area (Å²) in [6.45, 7) is 10.2. The summed E-state index contributed by atoms with van der Waals surface area (Å²) >= 11 is 0. The molecule has 0 aromatic carbocycles. The van der Waals surface area contributed by atoms with Crippen molar-refractivity contribution in [3.8, 4) is 0 Å². The third-order valence-electron chi connectivity index (χ3n) is 3.12. The van der Waals surface area contributed by atoms with Gasteiger partial charge in [-0.25, -0.2) is 0 Å². The Morgan fingerprint density at radius 1 is 1.32 bits per heavy atom. The molecule has 5 nitrogen and oxygen atoms in total. The van der Waals surface area contributed by atoms with E-state index in [1.807, 2.05) is 21.8 Å². The molecule has 19 heavy (non-hydrogen) atoms. The molecule has 0 unspecified atom stereocenters. The van der Waals surface area contributed by atoms with E-state index in [4.69, 9.17) is 0 Å². The van der Waals surface area contributed by atoms with Crippen molar-refractivity contribution in [2.45, 2.75) is 53.2 Å². The van der Waals surface area contributed by atoms with Gasteiger partial charge in [0.1, 0.15) is 0 Å². The van der Waals surface area contributed by atoms with Crippen molar-refractivity contribution >= 4 is 5.69 Å². The first kappa shape index (κ1) is 13.6. The largest absolute Gasteiger partial charge is 0.378 e. The van der Waals surface area contributed by atoms with Crippen LogP contribution < -0.4 is 5.32 Å². The highest BCUT2D eigenvalue weighted by atomic mass is 15.3. The Labute approximate surface area is 114 Å². The zero-order valence-electron chi connectivity index (χ0n) is 12.2. The van der Waals surface area contributed by atoms with E-state index in [1.54, 1.807) is 0 Å². The quantitative estimate of drug-likeness (QED) is 0.869. The van der Waals surface area contributed by atoms with Crippen LogP contribution in [-0.2, 0) is 13.1 Å². The van der Waals surface area contributed by atoms with Crippen LogP contribution in [0.4, 0.5) is 5.69 Å². The van der Waals surface area contributed by atoms with Crippen LogP contribution in [0, 0.1) is 6.92 Å². The van der Waals surface area contributed by atoms with Gasteiger partial charge >= 0.3 is 0 Å². The molecule has 0 saturated carbocycles. The maximum Gasteiger partial charge on any atom is 0.0729 e. The van der Waals surface area contributed by atoms with Crippen molar-refractivity contribution in [2.75, 3.05) is 5.32 Å². The highest BCUT2D eigenvalue weighted by Gasteiger charge is 2.07. The molecule has 0 atom stereocenters. The van der Waals surface area contributed by atoms with E-state index in [9.17, 15) is 0 Å². The Balaban J connectivity index is 1.97. The van der Waals surface area contributed by atoms with Gasteiger partial charge < -0.3 is 5.32 Å². The number of rotatable bonds is 6. The molecule has 0 aliphatic rings. The molecular weight excluding hydrogens is 238 g/mol. The van der Waals surface area contributed by atoms with E-state index in [0.29, 0.717) is 6.04 Å². The van der Waals surface area contributed by atoms with Crippen LogP contribution in [0.5, 0.6) is 0 Å². The zero-order valence-corrected chi connectivity index (χ0v) is 12.2. The van der Waals surface area contributed by atoms with Crippen LogP contribution in [0.15, 0.2) is 18.6 Å². The Morgan fingerprint density at radius 2 is 2.11 bits per heavy atom. The number of anilines is 1. The van der Waals surface area contributed by atoms with Gasteiger partial charge in [-0.15, -0.1) is 0 Å². The summed E-state index contributed by atoms with van der Waals surface area (Å²) in [6.07, 6.45) is 7.13. The van der Waals surface area contributed by atoms with E-state index in [2.05, 4.69) is 49.4 Å². The van der Waals surface area contributed by atoms with Crippen LogP contribution >= 0.6 is 0 Å². The lowest BCUT2D eigenvalue weighted by molar-refractivity contribution is 0.529. The molecule has 2 rings (SSSR count). The predicted octanol–water partition coefficient (Wildman–Crippen LogP) is 2.99. The summed E-state index contributed by atoms with van der Waals surface area (Å²) in [5.41, 5.74) is 3.38. The van der Waals surface area contributed by atoms with Crippen molar-refractivity contribution in [3.05, 3.63) is 29.8 Å². The van der Waals surface area contributed by atoms with Crippen LogP contribution in [-0.4, -0.2) is 19.6 Å². The zero-order chi connectivity index (χ0) is 13.8. The maximum absolute atomic E-state index is 4.51. The van der Waals surface area contributed by atoms with Crippen LogP contribution in [0.25, 0.3) is 0 Å². The fourth-order valence-corrected chi connectivity index (χ4v) is 1.96. The van der Waals surface area contributed by atoms with Gasteiger partial charge in [0.25, 0.3) is 0 Å². The Hall–Kier alpha value is -1.78. The van der Waals surface area contributed by atoms with E-state index in [0.717, 1.165) is 30.9 Å². The van der Waals surface area contributed by atoms with Gasteiger partial charge in [0, 0.05) is 37.1 Å². The molecule has 1 N–H and O–H groups in total. The third kappa shape index (κ3) is 3.36. The van der Waals surface area contributed by atoms with Gasteiger partial charge in [0.05, 0.1) is 17.6 Å². The standard InChI is InChI=1S/C14H23N5/c1-5-6-18-10-14(8-16-18)15-7-13-9-19(11(2)3)17-12(13)4/h8-11,15H,5-7H2,1-4H3. The normalized spacial score (nSPS) is 11.2. The molecule has 0 radical (unpaired) electrons. The van der Waals surface area contributed by atoms with Gasteiger partial charge in [0.15, 0.2) is 0 Å². The third-order valence-corrected chi connectivity index (χ3v) is 3.12. The van der Waals surface area contributed by atoms with Crippen molar-refractivity contribution in [1.29, 1.82) is 0 Å². The molecule has 2 aromatic heterocycles. The minimum absolute atomic E-state index is 0.403. The Kier molecular flexibility index (Phi) is 4.24. The molecule has 2 aromatic rings. The molecular formula is C14H23N5. The second kappa shape index (κ2) is 5.91. The van der Waals surface area contributed by atoms with E-state index in [1.165, 1.54) is 5.56 Å². The number of nitrogens with one attached hydrogen (secondary N) is 1. The minimum atomic E-state index is 0.403. The summed E-state index contributed by atoms with van der Waals surface area (Å²) in [4.78, 5) is 0. The molecule has 5 heteroatoms. The highest BCUT2D eigenvalue weighted by Crippen LogP contribution is 2.13. The molecule has 0 amide bonds. The average Bonchev–Trinajstić information content (AvgIpc) is 2.94. The SMILES string of the molecule is CCCn1cc(NCc2cn(C(C)C)nc2C)cn1. The van der Waals surface area contributed by atoms with Gasteiger partial charge in [-0.1, -0.05) is 6.92 Å². The van der Waals surface area contributed by atoms with Gasteiger partial charge in [-0.3, -0.25) is 9.36 Å². The highest BCUT2D eigenvalue weighted by molar-refractivity contribution is 5.39. The van der Waals surface area contributed by atoms with Crippen molar-refractivity contribution in [2.24, 2.45) is 0 Å². The molecule has 104 valence electrons. The fourth-order valence-electron chi connectivity index (χ4n) is 1.96. The first-order valence-corrected chi connectivity index (χ1v) is 6.91. The van der Waals surface area contributed by atoms with Crippen LogP contribution in [0.3, 0.4) is 0 Å². The number of aryl methyl sites for hydroxylation is 2. The fraction of sp³-hybridized carbons (Fsp3) is 0.571. The summed E-state index contributed by atoms with van der Waals surface area (Å²) in [5, 5.41) is 12.2. The monoisotopic (exact) mass is 261 g/mol. The maximum atomic E-state index is 4.51. The van der Waals surface area contributed by atoms with Crippen LogP contribution in [0.1, 0.15) is 44.5 Å². The summed E-state index contributed by atoms with van der Waals surface area (Å²) in [6, 6.07) is 0.403. The summed E-state index contributed by atoms with van der Waals surface area (Å²) < 4.78 is 3.97. The van der Waals surface area contributed by atoms with Gasteiger partial charge in [-0.2, -0.15) is 10.2 Å². The molecule has 0 aliphatic carbocycles. The number of aromatic nitrogens is 4. The van der Waals surface area contributed by atoms with Crippen molar-refractivity contribution < 1.29 is 0 Å². The second-order valence-electron chi connectivity index (χ2n) is 5.16. The van der Waals surface area contributed by atoms with E-state index in [-0.39, 0.29) is 0 Å². The predicted molar refractivity (Wildman–Crippen MR) is 77.2 cm³/mol. The lowest BCUT2D eigenvalue weighted by Crippen LogP contribution is -2.01. The average molecular weight is 261 g/mol. The smallest absolute Gasteiger partial charge is 0.0729 e. The Bertz CT molecular complexity index is 524. The number of hydrogen-bond acceptors (Lipinski definition) is 3. The first-order chi connectivity index (χ1) is 9.10.